The van der Waals surface area contributed by atoms with Gasteiger partial charge in [0.1, 0.15) is 6.04 Å². The highest BCUT2D eigenvalue weighted by molar-refractivity contribution is 6.30. The highest BCUT2D eigenvalue weighted by Gasteiger charge is 2.51. The summed E-state index contributed by atoms with van der Waals surface area (Å²) < 4.78 is 5.81. The molecule has 1 amide bonds. The number of allylic oxidation sites excluding steroid dienone is 1. The molecule has 0 spiro atoms. The molecule has 7 heteroatoms. The topological polar surface area (TPSA) is 59.2 Å². The number of benzene rings is 2. The van der Waals surface area contributed by atoms with Crippen LogP contribution < -0.4 is 0 Å². The van der Waals surface area contributed by atoms with E-state index in [0.717, 1.165) is 42.6 Å². The molecular weight excluding hydrogens is 505 g/mol. The van der Waals surface area contributed by atoms with Crippen LogP contribution in [0, 0.1) is 11.3 Å². The summed E-state index contributed by atoms with van der Waals surface area (Å²) in [7, 11) is 0. The summed E-state index contributed by atoms with van der Waals surface area (Å²) in [6.45, 7) is 8.11. The monoisotopic (exact) mass is 537 g/mol. The molecule has 0 bridgehead atoms. The zero-order valence-electron chi connectivity index (χ0n) is 21.4. The second-order valence-electron chi connectivity index (χ2n) is 10.7. The summed E-state index contributed by atoms with van der Waals surface area (Å²) >= 11 is 12.6. The van der Waals surface area contributed by atoms with Crippen LogP contribution >= 0.6 is 23.2 Å². The molecule has 0 N–H and O–H groups in total. The van der Waals surface area contributed by atoms with Gasteiger partial charge in [0.2, 0.25) is 11.8 Å². The van der Waals surface area contributed by atoms with Crippen molar-refractivity contribution in [3.8, 4) is 0 Å². The van der Waals surface area contributed by atoms with Gasteiger partial charge in [-0.1, -0.05) is 72.5 Å². The Morgan fingerprint density at radius 3 is 2.59 bits per heavy atom. The molecule has 4 atom stereocenters. The van der Waals surface area contributed by atoms with E-state index in [4.69, 9.17) is 32.7 Å². The minimum atomic E-state index is -0.597. The van der Waals surface area contributed by atoms with Gasteiger partial charge in [0.25, 0.3) is 0 Å². The number of hydrogen-bond donors (Lipinski definition) is 0. The summed E-state index contributed by atoms with van der Waals surface area (Å²) in [6, 6.07) is 15.3. The maximum Gasteiger partial charge on any atom is 0.249 e. The van der Waals surface area contributed by atoms with Gasteiger partial charge in [-0.05, 0) is 79.8 Å². The van der Waals surface area contributed by atoms with Gasteiger partial charge in [0.15, 0.2) is 5.82 Å². The van der Waals surface area contributed by atoms with Gasteiger partial charge in [-0.3, -0.25) is 4.79 Å². The summed E-state index contributed by atoms with van der Waals surface area (Å²) in [6.07, 6.45) is 6.79. The average Bonchev–Trinajstić information content (AvgIpc) is 3.61. The Labute approximate surface area is 228 Å². The minimum absolute atomic E-state index is 0.0905. The van der Waals surface area contributed by atoms with Gasteiger partial charge >= 0.3 is 0 Å². The first-order valence-electron chi connectivity index (χ1n) is 13.1. The van der Waals surface area contributed by atoms with Gasteiger partial charge in [-0.15, -0.1) is 6.58 Å². The molecule has 2 aromatic carbocycles. The fraction of sp³-hybridized carbons (Fsp3) is 0.433. The van der Waals surface area contributed by atoms with E-state index in [9.17, 15) is 4.79 Å². The molecule has 37 heavy (non-hydrogen) atoms. The van der Waals surface area contributed by atoms with E-state index in [1.54, 1.807) is 0 Å². The van der Waals surface area contributed by atoms with Crippen LogP contribution in [0.3, 0.4) is 0 Å². The van der Waals surface area contributed by atoms with Crippen LogP contribution in [0.25, 0.3) is 0 Å². The fourth-order valence-electron chi connectivity index (χ4n) is 5.89. The molecule has 194 valence electrons. The van der Waals surface area contributed by atoms with Crippen LogP contribution in [-0.4, -0.2) is 20.9 Å². The Kier molecular flexibility index (Phi) is 7.46. The Balaban J connectivity index is 1.62. The molecule has 1 saturated heterocycles. The Morgan fingerprint density at radius 1 is 1.19 bits per heavy atom. The zero-order valence-corrected chi connectivity index (χ0v) is 22.9. The van der Waals surface area contributed by atoms with Crippen molar-refractivity contribution < 1.29 is 9.32 Å². The highest BCUT2D eigenvalue weighted by Crippen LogP contribution is 2.51. The smallest absolute Gasteiger partial charge is 0.249 e. The van der Waals surface area contributed by atoms with Crippen molar-refractivity contribution in [2.24, 2.45) is 11.3 Å². The van der Waals surface area contributed by atoms with Gasteiger partial charge in [0, 0.05) is 16.0 Å². The predicted molar refractivity (Wildman–Crippen MR) is 147 cm³/mol. The van der Waals surface area contributed by atoms with E-state index >= 15 is 0 Å². The van der Waals surface area contributed by atoms with Gasteiger partial charge in [0.05, 0.1) is 11.5 Å². The lowest BCUT2D eigenvalue weighted by Gasteiger charge is -2.51. The molecule has 1 saturated carbocycles. The van der Waals surface area contributed by atoms with E-state index in [1.165, 1.54) is 0 Å². The molecule has 1 aliphatic heterocycles. The van der Waals surface area contributed by atoms with E-state index in [0.29, 0.717) is 34.7 Å². The van der Waals surface area contributed by atoms with Gasteiger partial charge in [-0.2, -0.15) is 4.98 Å². The second kappa shape index (κ2) is 10.6. The lowest BCUT2D eigenvalue weighted by molar-refractivity contribution is -0.158. The molecule has 1 aromatic heterocycles. The number of amides is 1. The van der Waals surface area contributed by atoms with E-state index in [2.05, 4.69) is 31.6 Å². The summed E-state index contributed by atoms with van der Waals surface area (Å²) in [5, 5.41) is 5.65. The zero-order chi connectivity index (χ0) is 26.2. The summed E-state index contributed by atoms with van der Waals surface area (Å²) in [4.78, 5) is 21.2. The lowest BCUT2D eigenvalue weighted by atomic mass is 9.67. The SMILES string of the molecule is C=CC[C@@]1(C)C[C@H](Cc2cccc(Cl)c2)[C@@H](c2ccc(Cl)cc2)N([C@@H](CC)c2nc(C3CC3)no2)C1=O. The second-order valence-corrected chi connectivity index (χ2v) is 11.6. The van der Waals surface area contributed by atoms with E-state index in [1.807, 2.05) is 53.4 Å². The van der Waals surface area contributed by atoms with Crippen LogP contribution in [0.5, 0.6) is 0 Å². The van der Waals surface area contributed by atoms with Crippen LogP contribution in [0.15, 0.2) is 65.7 Å². The maximum absolute atomic E-state index is 14.4. The lowest BCUT2D eigenvalue weighted by Crippen LogP contribution is -2.54. The standard InChI is InChI=1S/C30H33Cl2N3O2/c1-4-15-30(3)18-22(16-19-7-6-8-24(32)17-19)26(20-11-13-23(31)14-12-20)35(29(30)36)25(5-2)28-33-27(34-37-28)21-9-10-21/h4,6-8,11-14,17,21-22,25-26H,1,5,9-10,15-16,18H2,2-3H3/t22-,25-,26+,30-/m0/s1. The first kappa shape index (κ1) is 26.0. The number of hydrogen-bond acceptors (Lipinski definition) is 4. The number of carbonyl (C=O) groups excluding carboxylic acids is 1. The Morgan fingerprint density at radius 2 is 1.95 bits per heavy atom. The third-order valence-electron chi connectivity index (χ3n) is 7.81. The van der Waals surface area contributed by atoms with Crippen molar-refractivity contribution in [2.45, 2.75) is 70.4 Å². The van der Waals surface area contributed by atoms with Crippen molar-refractivity contribution in [1.29, 1.82) is 0 Å². The Hall–Kier alpha value is -2.63. The number of aromatic nitrogens is 2. The molecule has 0 radical (unpaired) electrons. The number of rotatable bonds is 9. The summed E-state index contributed by atoms with van der Waals surface area (Å²) in [5.74, 6) is 1.86. The quantitative estimate of drug-likeness (QED) is 0.258. The van der Waals surface area contributed by atoms with E-state index < -0.39 is 5.41 Å². The van der Waals surface area contributed by atoms with Crippen molar-refractivity contribution in [2.75, 3.05) is 0 Å². The normalized spacial score (nSPS) is 24.8. The molecule has 2 aliphatic rings. The van der Waals surface area contributed by atoms with Crippen molar-refractivity contribution >= 4 is 29.1 Å². The van der Waals surface area contributed by atoms with Crippen LogP contribution in [-0.2, 0) is 11.2 Å². The molecule has 0 unspecified atom stereocenters. The molecule has 5 nitrogen and oxygen atoms in total. The van der Waals surface area contributed by atoms with Crippen LogP contribution in [0.1, 0.15) is 86.8 Å². The third kappa shape index (κ3) is 5.35. The predicted octanol–water partition coefficient (Wildman–Crippen LogP) is 8.12. The first-order chi connectivity index (χ1) is 17.8. The molecular formula is C30H33Cl2N3O2. The van der Waals surface area contributed by atoms with Crippen LogP contribution in [0.2, 0.25) is 10.0 Å². The largest absolute Gasteiger partial charge is 0.337 e. The fourth-order valence-corrected chi connectivity index (χ4v) is 6.23. The van der Waals surface area contributed by atoms with Crippen LogP contribution in [0.4, 0.5) is 0 Å². The first-order valence-corrected chi connectivity index (χ1v) is 13.9. The average molecular weight is 539 g/mol. The van der Waals surface area contributed by atoms with E-state index in [-0.39, 0.29) is 23.9 Å². The molecule has 1 aliphatic carbocycles. The number of piperidine rings is 1. The van der Waals surface area contributed by atoms with Gasteiger partial charge < -0.3 is 9.42 Å². The number of halogens is 2. The maximum atomic E-state index is 14.4. The molecule has 5 rings (SSSR count). The molecule has 2 heterocycles. The Bertz CT molecular complexity index is 1270. The van der Waals surface area contributed by atoms with Crippen molar-refractivity contribution in [3.63, 3.8) is 0 Å². The van der Waals surface area contributed by atoms with Gasteiger partial charge in [-0.25, -0.2) is 0 Å². The third-order valence-corrected chi connectivity index (χ3v) is 8.30. The molecule has 2 fully saturated rings. The number of likely N-dealkylation sites (tertiary alicyclic amines) is 1. The summed E-state index contributed by atoms with van der Waals surface area (Å²) in [5.41, 5.74) is 1.60. The molecule has 3 aromatic rings. The number of carbonyl (C=O) groups is 1. The minimum Gasteiger partial charge on any atom is -0.337 e. The van der Waals surface area contributed by atoms with Crippen molar-refractivity contribution in [3.05, 3.63) is 94.1 Å². The number of nitrogens with zero attached hydrogens (tertiary/aromatic N) is 3. The highest BCUT2D eigenvalue weighted by atomic mass is 35.5. The van der Waals surface area contributed by atoms with Crippen molar-refractivity contribution in [1.82, 2.24) is 15.0 Å².